The lowest BCUT2D eigenvalue weighted by molar-refractivity contribution is -0.148. The summed E-state index contributed by atoms with van der Waals surface area (Å²) >= 11 is 0. The highest BCUT2D eigenvalue weighted by Crippen LogP contribution is 2.32. The average molecular weight is 273 g/mol. The van der Waals surface area contributed by atoms with Gasteiger partial charge in [0.05, 0.1) is 0 Å². The number of carboxylic acid groups (broad SMARTS) is 1. The molecule has 20 heavy (non-hydrogen) atoms. The quantitative estimate of drug-likeness (QED) is 0.900. The van der Waals surface area contributed by atoms with Gasteiger partial charge in [0.15, 0.2) is 5.76 Å². The predicted molar refractivity (Wildman–Crippen MR) is 72.6 cm³/mol. The van der Waals surface area contributed by atoms with Crippen LogP contribution >= 0.6 is 0 Å². The largest absolute Gasteiger partial charge is 0.480 e. The summed E-state index contributed by atoms with van der Waals surface area (Å²) in [5, 5.41) is 12.6. The highest BCUT2D eigenvalue weighted by atomic mass is 16.4. The fourth-order valence-electron chi connectivity index (χ4n) is 2.48. The molecule has 1 heterocycles. The van der Waals surface area contributed by atoms with Crippen LogP contribution in [-0.2, 0) is 4.79 Å². The van der Waals surface area contributed by atoms with Gasteiger partial charge in [-0.25, -0.2) is 4.79 Å². The van der Waals surface area contributed by atoms with Gasteiger partial charge < -0.3 is 14.8 Å². The van der Waals surface area contributed by atoms with Gasteiger partial charge >= 0.3 is 5.97 Å². The van der Waals surface area contributed by atoms with Gasteiger partial charge in [0, 0.05) is 5.39 Å². The highest BCUT2D eigenvalue weighted by molar-refractivity contribution is 5.99. The Bertz CT molecular complexity index is 697. The Morgan fingerprint density at radius 2 is 2.05 bits per heavy atom. The maximum Gasteiger partial charge on any atom is 0.329 e. The number of fused-ring (bicyclic) bond motifs is 1. The lowest BCUT2D eigenvalue weighted by Gasteiger charge is -2.37. The minimum Gasteiger partial charge on any atom is -0.480 e. The molecule has 0 unspecified atom stereocenters. The number of benzene rings is 1. The van der Waals surface area contributed by atoms with Crippen molar-refractivity contribution in [1.82, 2.24) is 5.32 Å². The van der Waals surface area contributed by atoms with Gasteiger partial charge in [-0.05, 0) is 44.4 Å². The van der Waals surface area contributed by atoms with Crippen LogP contribution in [0.1, 0.15) is 35.4 Å². The minimum absolute atomic E-state index is 0.151. The molecule has 1 aromatic heterocycles. The van der Waals surface area contributed by atoms with Crippen LogP contribution in [0, 0.1) is 6.92 Å². The molecule has 0 aliphatic heterocycles. The Hall–Kier alpha value is -2.30. The first-order valence-corrected chi connectivity index (χ1v) is 6.56. The molecule has 1 saturated carbocycles. The molecule has 2 N–H and O–H groups in total. The van der Waals surface area contributed by atoms with Gasteiger partial charge in [-0.1, -0.05) is 11.6 Å². The molecule has 1 aliphatic rings. The minimum atomic E-state index is -1.12. The molecule has 104 valence electrons. The van der Waals surface area contributed by atoms with Crippen LogP contribution in [0.4, 0.5) is 0 Å². The zero-order chi connectivity index (χ0) is 14.3. The zero-order valence-electron chi connectivity index (χ0n) is 11.1. The third kappa shape index (κ3) is 1.95. The topological polar surface area (TPSA) is 79.5 Å². The maximum absolute atomic E-state index is 12.1. The summed E-state index contributed by atoms with van der Waals surface area (Å²) in [7, 11) is 0. The third-order valence-electron chi connectivity index (χ3n) is 3.86. The van der Waals surface area contributed by atoms with Crippen LogP contribution in [0.25, 0.3) is 11.0 Å². The van der Waals surface area contributed by atoms with Gasteiger partial charge in [-0.2, -0.15) is 0 Å². The second-order valence-electron chi connectivity index (χ2n) is 5.35. The number of nitrogens with one attached hydrogen (secondary N) is 1. The number of aryl methyl sites for hydroxylation is 1. The molecule has 0 spiro atoms. The second-order valence-corrected chi connectivity index (χ2v) is 5.35. The number of amides is 1. The number of carboxylic acids is 1. The zero-order valence-corrected chi connectivity index (χ0v) is 11.1. The molecule has 0 bridgehead atoms. The first-order chi connectivity index (χ1) is 9.50. The van der Waals surface area contributed by atoms with E-state index in [1.807, 2.05) is 19.1 Å². The fourth-order valence-corrected chi connectivity index (χ4v) is 2.48. The van der Waals surface area contributed by atoms with Crippen molar-refractivity contribution < 1.29 is 19.1 Å². The molecular weight excluding hydrogens is 258 g/mol. The van der Waals surface area contributed by atoms with E-state index in [0.29, 0.717) is 18.4 Å². The standard InChI is InChI=1S/C15H15NO4/c1-9-3-4-11-10(7-9)8-12(20-11)13(17)16-15(14(18)19)5-2-6-15/h3-4,7-8H,2,5-6H2,1H3,(H,16,17)(H,18,19). The van der Waals surface area contributed by atoms with Crippen molar-refractivity contribution in [2.45, 2.75) is 31.7 Å². The van der Waals surface area contributed by atoms with Gasteiger partial charge in [0.2, 0.25) is 0 Å². The van der Waals surface area contributed by atoms with Crippen molar-refractivity contribution >= 4 is 22.8 Å². The third-order valence-corrected chi connectivity index (χ3v) is 3.86. The molecule has 5 heteroatoms. The Morgan fingerprint density at radius 3 is 2.65 bits per heavy atom. The molecule has 0 atom stereocenters. The lowest BCUT2D eigenvalue weighted by Crippen LogP contribution is -2.59. The molecule has 1 aromatic carbocycles. The van der Waals surface area contributed by atoms with Crippen molar-refractivity contribution in [2.75, 3.05) is 0 Å². The Kier molecular flexibility index (Phi) is 2.78. The van der Waals surface area contributed by atoms with Crippen molar-refractivity contribution in [3.63, 3.8) is 0 Å². The molecule has 5 nitrogen and oxygen atoms in total. The number of hydrogen-bond donors (Lipinski definition) is 2. The van der Waals surface area contributed by atoms with Crippen molar-refractivity contribution in [3.05, 3.63) is 35.6 Å². The summed E-state index contributed by atoms with van der Waals surface area (Å²) in [5.74, 6) is -1.30. The normalized spacial score (nSPS) is 16.6. The number of rotatable bonds is 3. The first-order valence-electron chi connectivity index (χ1n) is 6.56. The number of carbonyl (C=O) groups is 2. The van der Waals surface area contributed by atoms with E-state index in [1.54, 1.807) is 12.1 Å². The molecule has 3 rings (SSSR count). The van der Waals surface area contributed by atoms with E-state index in [0.717, 1.165) is 17.4 Å². The Labute approximate surface area is 115 Å². The number of furan rings is 1. The smallest absolute Gasteiger partial charge is 0.329 e. The summed E-state index contributed by atoms with van der Waals surface area (Å²) in [6, 6.07) is 7.27. The van der Waals surface area contributed by atoms with Gasteiger partial charge in [0.1, 0.15) is 11.1 Å². The van der Waals surface area contributed by atoms with Crippen LogP contribution in [0.2, 0.25) is 0 Å². The van der Waals surface area contributed by atoms with E-state index in [1.165, 1.54) is 0 Å². The SMILES string of the molecule is Cc1ccc2oc(C(=O)NC3(C(=O)O)CCC3)cc2c1. The predicted octanol–water partition coefficient (Wildman–Crippen LogP) is 2.48. The summed E-state index contributed by atoms with van der Waals surface area (Å²) < 4.78 is 5.47. The van der Waals surface area contributed by atoms with Crippen LogP contribution in [0.3, 0.4) is 0 Å². The summed E-state index contributed by atoms with van der Waals surface area (Å²) in [5.41, 5.74) is 0.580. The Morgan fingerprint density at radius 1 is 1.30 bits per heavy atom. The van der Waals surface area contributed by atoms with E-state index in [9.17, 15) is 14.7 Å². The average Bonchev–Trinajstić information content (AvgIpc) is 2.75. The van der Waals surface area contributed by atoms with Crippen LogP contribution in [-0.4, -0.2) is 22.5 Å². The van der Waals surface area contributed by atoms with E-state index >= 15 is 0 Å². The first kappa shape index (κ1) is 12.7. The number of hydrogen-bond acceptors (Lipinski definition) is 3. The molecule has 0 radical (unpaired) electrons. The molecule has 1 aliphatic carbocycles. The van der Waals surface area contributed by atoms with E-state index in [2.05, 4.69) is 5.32 Å². The van der Waals surface area contributed by atoms with Crippen LogP contribution in [0.5, 0.6) is 0 Å². The van der Waals surface area contributed by atoms with Gasteiger partial charge in [-0.3, -0.25) is 4.79 Å². The van der Waals surface area contributed by atoms with Crippen molar-refractivity contribution in [1.29, 1.82) is 0 Å². The monoisotopic (exact) mass is 273 g/mol. The second kappa shape index (κ2) is 4.37. The van der Waals surface area contributed by atoms with Crippen LogP contribution < -0.4 is 5.32 Å². The fraction of sp³-hybridized carbons (Fsp3) is 0.333. The van der Waals surface area contributed by atoms with Crippen LogP contribution in [0.15, 0.2) is 28.7 Å². The maximum atomic E-state index is 12.1. The molecule has 2 aromatic rings. The summed E-state index contributed by atoms with van der Waals surface area (Å²) in [6.45, 7) is 1.96. The Balaban J connectivity index is 1.87. The van der Waals surface area contributed by atoms with E-state index in [4.69, 9.17) is 4.42 Å². The highest BCUT2D eigenvalue weighted by Gasteiger charge is 2.46. The van der Waals surface area contributed by atoms with Gasteiger partial charge in [0.25, 0.3) is 5.91 Å². The molecule has 1 fully saturated rings. The number of carbonyl (C=O) groups excluding carboxylic acids is 1. The van der Waals surface area contributed by atoms with E-state index < -0.39 is 17.4 Å². The lowest BCUT2D eigenvalue weighted by atomic mass is 9.76. The summed E-state index contributed by atoms with van der Waals surface area (Å²) in [4.78, 5) is 23.4. The summed E-state index contributed by atoms with van der Waals surface area (Å²) in [6.07, 6.45) is 1.74. The van der Waals surface area contributed by atoms with Crippen molar-refractivity contribution in [3.8, 4) is 0 Å². The molecular formula is C15H15NO4. The molecule has 0 saturated heterocycles. The van der Waals surface area contributed by atoms with Crippen molar-refractivity contribution in [2.24, 2.45) is 0 Å². The number of aliphatic carboxylic acids is 1. The van der Waals surface area contributed by atoms with Gasteiger partial charge in [-0.15, -0.1) is 0 Å². The van der Waals surface area contributed by atoms with E-state index in [-0.39, 0.29) is 5.76 Å². The molecule has 1 amide bonds.